The number of hydrogen-bond donors (Lipinski definition) is 1. The Labute approximate surface area is 169 Å². The Morgan fingerprint density at radius 1 is 1.03 bits per heavy atom. The number of likely N-dealkylation sites (tertiary alicyclic amines) is 1. The van der Waals surface area contributed by atoms with Crippen molar-refractivity contribution in [2.75, 3.05) is 17.8 Å². The number of nitro groups is 1. The largest absolute Gasteiger partial charge is 0.339 e. The maximum Gasteiger partial charge on any atom is 0.271 e. The van der Waals surface area contributed by atoms with Crippen LogP contribution < -0.4 is 4.72 Å². The first-order chi connectivity index (χ1) is 13.7. The van der Waals surface area contributed by atoms with Gasteiger partial charge >= 0.3 is 0 Å². The molecule has 2 aromatic carbocycles. The molecule has 0 aromatic heterocycles. The number of nitrogens with one attached hydrogen (secondary N) is 1. The zero-order valence-corrected chi connectivity index (χ0v) is 17.2. The Bertz CT molecular complexity index is 1060. The molecule has 1 N–H and O–H groups in total. The Morgan fingerprint density at radius 2 is 1.69 bits per heavy atom. The molecular weight excluding hydrogens is 394 g/mol. The summed E-state index contributed by atoms with van der Waals surface area (Å²) in [4.78, 5) is 25.0. The van der Waals surface area contributed by atoms with Crippen LogP contribution in [0.1, 0.15) is 40.7 Å². The van der Waals surface area contributed by atoms with Crippen molar-refractivity contribution in [3.63, 3.8) is 0 Å². The van der Waals surface area contributed by atoms with Gasteiger partial charge in [0.15, 0.2) is 0 Å². The Hall–Kier alpha value is -2.94. The molecule has 0 bridgehead atoms. The second-order valence-electron chi connectivity index (χ2n) is 7.19. The number of hydrogen-bond acceptors (Lipinski definition) is 5. The number of amides is 1. The highest BCUT2D eigenvalue weighted by atomic mass is 32.2. The van der Waals surface area contributed by atoms with Crippen molar-refractivity contribution < 1.29 is 18.1 Å². The predicted molar refractivity (Wildman–Crippen MR) is 110 cm³/mol. The van der Waals surface area contributed by atoms with Gasteiger partial charge in [0.25, 0.3) is 21.6 Å². The lowest BCUT2D eigenvalue weighted by molar-refractivity contribution is -0.384. The molecule has 0 saturated carbocycles. The van der Waals surface area contributed by atoms with Gasteiger partial charge in [-0.3, -0.25) is 19.6 Å². The predicted octanol–water partition coefficient (Wildman–Crippen LogP) is 3.64. The molecule has 0 radical (unpaired) electrons. The zero-order chi connectivity index (χ0) is 21.2. The Morgan fingerprint density at radius 3 is 2.34 bits per heavy atom. The van der Waals surface area contributed by atoms with Gasteiger partial charge in [-0.25, -0.2) is 8.42 Å². The second kappa shape index (κ2) is 8.20. The molecule has 3 rings (SSSR count). The average Bonchev–Trinajstić information content (AvgIpc) is 2.69. The van der Waals surface area contributed by atoms with E-state index in [1.54, 1.807) is 24.8 Å². The number of non-ortho nitro benzene ring substituents is 1. The van der Waals surface area contributed by atoms with Gasteiger partial charge in [0.05, 0.1) is 15.5 Å². The van der Waals surface area contributed by atoms with Crippen LogP contribution in [0, 0.1) is 24.0 Å². The van der Waals surface area contributed by atoms with Crippen LogP contribution in [0.15, 0.2) is 41.3 Å². The first kappa shape index (κ1) is 20.8. The summed E-state index contributed by atoms with van der Waals surface area (Å²) in [6, 6.07) is 8.39. The number of sulfonamides is 1. The van der Waals surface area contributed by atoms with Gasteiger partial charge < -0.3 is 4.90 Å². The third kappa shape index (κ3) is 4.56. The highest BCUT2D eigenvalue weighted by Crippen LogP contribution is 2.26. The molecule has 1 heterocycles. The number of carbonyl (C=O) groups is 1. The smallest absolute Gasteiger partial charge is 0.271 e. The minimum atomic E-state index is -4.03. The molecule has 1 aliphatic heterocycles. The van der Waals surface area contributed by atoms with E-state index in [0.717, 1.165) is 19.3 Å². The molecule has 29 heavy (non-hydrogen) atoms. The number of piperidine rings is 1. The molecule has 154 valence electrons. The Balaban J connectivity index is 1.92. The van der Waals surface area contributed by atoms with Crippen LogP contribution in [0.3, 0.4) is 0 Å². The van der Waals surface area contributed by atoms with Gasteiger partial charge in [-0.1, -0.05) is 12.1 Å². The first-order valence-corrected chi connectivity index (χ1v) is 10.8. The summed E-state index contributed by atoms with van der Waals surface area (Å²) < 4.78 is 28.2. The second-order valence-corrected chi connectivity index (χ2v) is 8.87. The van der Waals surface area contributed by atoms with Crippen LogP contribution in [0.2, 0.25) is 0 Å². The zero-order valence-electron chi connectivity index (χ0n) is 16.3. The normalized spacial score (nSPS) is 14.5. The molecule has 1 fully saturated rings. The van der Waals surface area contributed by atoms with Crippen LogP contribution in [-0.4, -0.2) is 37.2 Å². The minimum Gasteiger partial charge on any atom is -0.339 e. The summed E-state index contributed by atoms with van der Waals surface area (Å²) >= 11 is 0. The van der Waals surface area contributed by atoms with Gasteiger partial charge in [-0.15, -0.1) is 0 Å². The van der Waals surface area contributed by atoms with E-state index in [1.807, 2.05) is 0 Å². The van der Waals surface area contributed by atoms with Gasteiger partial charge in [-0.2, -0.15) is 0 Å². The molecule has 0 aliphatic carbocycles. The van der Waals surface area contributed by atoms with Crippen LogP contribution >= 0.6 is 0 Å². The fourth-order valence-electron chi connectivity index (χ4n) is 3.30. The summed E-state index contributed by atoms with van der Waals surface area (Å²) in [5, 5.41) is 11.0. The number of benzene rings is 2. The van der Waals surface area contributed by atoms with Crippen molar-refractivity contribution in [1.82, 2.24) is 4.90 Å². The minimum absolute atomic E-state index is 0.0608. The van der Waals surface area contributed by atoms with Crippen molar-refractivity contribution in [2.24, 2.45) is 0 Å². The maximum atomic E-state index is 12.9. The Kier molecular flexibility index (Phi) is 5.88. The third-order valence-corrected chi connectivity index (χ3v) is 6.43. The van der Waals surface area contributed by atoms with Crippen LogP contribution in [0.4, 0.5) is 11.4 Å². The lowest BCUT2D eigenvalue weighted by Crippen LogP contribution is -2.36. The molecule has 0 spiro atoms. The molecule has 0 unspecified atom stereocenters. The van der Waals surface area contributed by atoms with E-state index in [1.165, 1.54) is 30.3 Å². The van der Waals surface area contributed by atoms with E-state index in [0.29, 0.717) is 29.8 Å². The number of rotatable bonds is 5. The lowest BCUT2D eigenvalue weighted by Gasteiger charge is -2.27. The number of nitro benzene ring substituents is 1. The molecule has 9 heteroatoms. The SMILES string of the molecule is Cc1ccc([N+](=O)[O-])cc1NS(=O)(=O)c1ccc(C)c(C(=O)N2CCCCC2)c1. The van der Waals surface area contributed by atoms with E-state index in [-0.39, 0.29) is 22.2 Å². The number of anilines is 1. The highest BCUT2D eigenvalue weighted by molar-refractivity contribution is 7.92. The van der Waals surface area contributed by atoms with Crippen LogP contribution in [0.5, 0.6) is 0 Å². The quantitative estimate of drug-likeness (QED) is 0.590. The number of carbonyl (C=O) groups excluding carboxylic acids is 1. The topological polar surface area (TPSA) is 110 Å². The van der Waals surface area contributed by atoms with E-state index in [9.17, 15) is 23.3 Å². The molecule has 2 aromatic rings. The average molecular weight is 417 g/mol. The molecule has 8 nitrogen and oxygen atoms in total. The summed E-state index contributed by atoms with van der Waals surface area (Å²) in [6.07, 6.45) is 2.97. The summed E-state index contributed by atoms with van der Waals surface area (Å²) in [7, 11) is -4.03. The van der Waals surface area contributed by atoms with Crippen molar-refractivity contribution in [2.45, 2.75) is 38.0 Å². The fourth-order valence-corrected chi connectivity index (χ4v) is 4.45. The van der Waals surface area contributed by atoms with Crippen LogP contribution in [0.25, 0.3) is 0 Å². The summed E-state index contributed by atoms with van der Waals surface area (Å²) in [6.45, 7) is 4.76. The van der Waals surface area contributed by atoms with E-state index >= 15 is 0 Å². The van der Waals surface area contributed by atoms with E-state index < -0.39 is 14.9 Å². The standard InChI is InChI=1S/C20H23N3O5S/c1-14-7-9-17(13-18(14)20(24)22-10-4-3-5-11-22)29(27,28)21-19-12-16(23(25)26)8-6-15(19)2/h6-9,12-13,21H,3-5,10-11H2,1-2H3. The number of aryl methyl sites for hydroxylation is 2. The van der Waals surface area contributed by atoms with E-state index in [4.69, 9.17) is 0 Å². The van der Waals surface area contributed by atoms with Crippen molar-refractivity contribution in [3.05, 3.63) is 63.2 Å². The summed E-state index contributed by atoms with van der Waals surface area (Å²) in [5.41, 5.74) is 1.52. The molecular formula is C20H23N3O5S. The van der Waals surface area contributed by atoms with Gasteiger partial charge in [0.1, 0.15) is 0 Å². The molecule has 1 aliphatic rings. The van der Waals surface area contributed by atoms with Gasteiger partial charge in [0, 0.05) is 30.8 Å². The number of nitrogens with zero attached hydrogens (tertiary/aromatic N) is 2. The van der Waals surface area contributed by atoms with Gasteiger partial charge in [0.2, 0.25) is 0 Å². The first-order valence-electron chi connectivity index (χ1n) is 9.37. The third-order valence-electron chi connectivity index (χ3n) is 5.07. The monoisotopic (exact) mass is 417 g/mol. The molecule has 0 atom stereocenters. The van der Waals surface area contributed by atoms with Crippen LogP contribution in [-0.2, 0) is 10.0 Å². The van der Waals surface area contributed by atoms with E-state index in [2.05, 4.69) is 4.72 Å². The lowest BCUT2D eigenvalue weighted by atomic mass is 10.1. The van der Waals surface area contributed by atoms with Gasteiger partial charge in [-0.05, 0) is 56.4 Å². The van der Waals surface area contributed by atoms with Crippen molar-refractivity contribution >= 4 is 27.3 Å². The van der Waals surface area contributed by atoms with Crippen molar-refractivity contribution in [1.29, 1.82) is 0 Å². The fraction of sp³-hybridized carbons (Fsp3) is 0.350. The molecule has 1 amide bonds. The molecule has 1 saturated heterocycles. The maximum absolute atomic E-state index is 12.9. The van der Waals surface area contributed by atoms with Crippen molar-refractivity contribution in [3.8, 4) is 0 Å². The summed E-state index contributed by atoms with van der Waals surface area (Å²) in [5.74, 6) is -0.175. The highest BCUT2D eigenvalue weighted by Gasteiger charge is 2.23.